The molecule has 0 aromatic heterocycles. The third-order valence-corrected chi connectivity index (χ3v) is 3.59. The molecule has 0 aliphatic heterocycles. The van der Waals surface area contributed by atoms with Crippen LogP contribution >= 0.6 is 0 Å². The number of nitrogens with two attached hydrogens (primary N) is 1. The predicted molar refractivity (Wildman–Crippen MR) is 89.3 cm³/mol. The molecule has 23 heavy (non-hydrogen) atoms. The Kier molecular flexibility index (Phi) is 5.30. The Morgan fingerprint density at radius 2 is 1.96 bits per heavy atom. The molecule has 2 rings (SSSR count). The van der Waals surface area contributed by atoms with Gasteiger partial charge in [0.1, 0.15) is 5.69 Å². The fourth-order valence-corrected chi connectivity index (χ4v) is 2.44. The van der Waals surface area contributed by atoms with Gasteiger partial charge in [0.15, 0.2) is 0 Å². The summed E-state index contributed by atoms with van der Waals surface area (Å²) in [7, 11) is 0. The maximum absolute atomic E-state index is 11.3. The van der Waals surface area contributed by atoms with Crippen molar-refractivity contribution in [3.05, 3.63) is 69.8 Å². The molecule has 0 unspecified atom stereocenters. The van der Waals surface area contributed by atoms with Crippen LogP contribution in [0.1, 0.15) is 41.7 Å². The molecule has 0 heterocycles. The van der Waals surface area contributed by atoms with Crippen molar-refractivity contribution in [2.45, 2.75) is 25.8 Å². The SMILES string of the molecule is CCC[C@@H](Nc1ccc(C(N)=O)cc1[N+](=O)[O-])c1ccccc1. The minimum absolute atomic E-state index is 0.0423. The quantitative estimate of drug-likeness (QED) is 0.602. The van der Waals surface area contributed by atoms with Crippen molar-refractivity contribution in [1.29, 1.82) is 0 Å². The summed E-state index contributed by atoms with van der Waals surface area (Å²) in [5.74, 6) is -0.687. The van der Waals surface area contributed by atoms with Gasteiger partial charge in [0.05, 0.1) is 11.0 Å². The number of carbonyl (C=O) groups is 1. The van der Waals surface area contributed by atoms with Crippen molar-refractivity contribution in [1.82, 2.24) is 0 Å². The van der Waals surface area contributed by atoms with E-state index in [0.29, 0.717) is 5.69 Å². The van der Waals surface area contributed by atoms with Gasteiger partial charge in [-0.05, 0) is 24.1 Å². The molecule has 1 atom stereocenters. The number of nitro benzene ring substituents is 1. The van der Waals surface area contributed by atoms with Crippen LogP contribution in [0.5, 0.6) is 0 Å². The summed E-state index contributed by atoms with van der Waals surface area (Å²) in [5, 5.41) is 14.5. The highest BCUT2D eigenvalue weighted by molar-refractivity contribution is 5.94. The Morgan fingerprint density at radius 1 is 1.26 bits per heavy atom. The molecule has 0 fully saturated rings. The highest BCUT2D eigenvalue weighted by Gasteiger charge is 2.19. The highest BCUT2D eigenvalue weighted by atomic mass is 16.6. The van der Waals surface area contributed by atoms with Crippen LogP contribution in [0.15, 0.2) is 48.5 Å². The number of benzene rings is 2. The van der Waals surface area contributed by atoms with Crippen molar-refractivity contribution >= 4 is 17.3 Å². The van der Waals surface area contributed by atoms with E-state index in [4.69, 9.17) is 5.73 Å². The predicted octanol–water partition coefficient (Wildman–Crippen LogP) is 3.65. The third kappa shape index (κ3) is 4.06. The molecular formula is C17H19N3O3. The van der Waals surface area contributed by atoms with Gasteiger partial charge in [0.25, 0.3) is 5.69 Å². The fourth-order valence-electron chi connectivity index (χ4n) is 2.44. The Labute approximate surface area is 134 Å². The Hall–Kier alpha value is -2.89. The molecule has 2 aromatic rings. The molecule has 0 saturated carbocycles. The number of nitrogens with one attached hydrogen (secondary N) is 1. The normalized spacial score (nSPS) is 11.7. The first kappa shape index (κ1) is 16.5. The van der Waals surface area contributed by atoms with Crippen LogP contribution in [0.25, 0.3) is 0 Å². The number of hydrogen-bond acceptors (Lipinski definition) is 4. The van der Waals surface area contributed by atoms with Crippen LogP contribution in [-0.2, 0) is 0 Å². The van der Waals surface area contributed by atoms with Crippen LogP contribution in [0.4, 0.5) is 11.4 Å². The van der Waals surface area contributed by atoms with Crippen LogP contribution < -0.4 is 11.1 Å². The minimum Gasteiger partial charge on any atom is -0.373 e. The van der Waals surface area contributed by atoms with Gasteiger partial charge < -0.3 is 11.1 Å². The zero-order valence-corrected chi connectivity index (χ0v) is 12.9. The van der Waals surface area contributed by atoms with Gasteiger partial charge in [-0.15, -0.1) is 0 Å². The van der Waals surface area contributed by atoms with E-state index < -0.39 is 10.8 Å². The fraction of sp³-hybridized carbons (Fsp3) is 0.235. The molecule has 120 valence electrons. The minimum atomic E-state index is -0.687. The van der Waals surface area contributed by atoms with E-state index in [1.165, 1.54) is 18.2 Å². The largest absolute Gasteiger partial charge is 0.373 e. The summed E-state index contributed by atoms with van der Waals surface area (Å²) < 4.78 is 0. The van der Waals surface area contributed by atoms with E-state index in [2.05, 4.69) is 12.2 Å². The summed E-state index contributed by atoms with van der Waals surface area (Å²) in [6, 6.07) is 14.0. The molecule has 1 amide bonds. The molecule has 0 aliphatic carbocycles. The second-order valence-electron chi connectivity index (χ2n) is 5.25. The van der Waals surface area contributed by atoms with Crippen molar-refractivity contribution in [3.63, 3.8) is 0 Å². The van der Waals surface area contributed by atoms with E-state index in [0.717, 1.165) is 18.4 Å². The first-order valence-corrected chi connectivity index (χ1v) is 7.42. The number of nitrogens with zero attached hydrogens (tertiary/aromatic N) is 1. The lowest BCUT2D eigenvalue weighted by Crippen LogP contribution is -2.14. The molecular weight excluding hydrogens is 294 g/mol. The number of carbonyl (C=O) groups excluding carboxylic acids is 1. The van der Waals surface area contributed by atoms with Gasteiger partial charge in [-0.2, -0.15) is 0 Å². The average molecular weight is 313 g/mol. The second kappa shape index (κ2) is 7.40. The number of primary amides is 1. The maximum Gasteiger partial charge on any atom is 0.293 e. The summed E-state index contributed by atoms with van der Waals surface area (Å²) >= 11 is 0. The number of rotatable bonds is 7. The smallest absolute Gasteiger partial charge is 0.293 e. The van der Waals surface area contributed by atoms with Crippen molar-refractivity contribution in [2.75, 3.05) is 5.32 Å². The van der Waals surface area contributed by atoms with E-state index in [1.54, 1.807) is 0 Å². The second-order valence-corrected chi connectivity index (χ2v) is 5.25. The summed E-state index contributed by atoms with van der Waals surface area (Å²) in [6.07, 6.45) is 1.76. The van der Waals surface area contributed by atoms with Crippen LogP contribution in [0.2, 0.25) is 0 Å². The molecule has 0 saturated heterocycles. The summed E-state index contributed by atoms with van der Waals surface area (Å²) in [6.45, 7) is 2.06. The van der Waals surface area contributed by atoms with E-state index in [1.807, 2.05) is 30.3 Å². The first-order chi connectivity index (χ1) is 11.0. The Bertz CT molecular complexity index is 701. The molecule has 6 heteroatoms. The topological polar surface area (TPSA) is 98.3 Å². The van der Waals surface area contributed by atoms with Gasteiger partial charge in [-0.1, -0.05) is 43.7 Å². The molecule has 0 bridgehead atoms. The summed E-state index contributed by atoms with van der Waals surface area (Å²) in [5.41, 5.74) is 6.59. The first-order valence-electron chi connectivity index (χ1n) is 7.42. The van der Waals surface area contributed by atoms with Crippen molar-refractivity contribution < 1.29 is 9.72 Å². The lowest BCUT2D eigenvalue weighted by molar-refractivity contribution is -0.384. The zero-order chi connectivity index (χ0) is 16.8. The molecule has 0 spiro atoms. The maximum atomic E-state index is 11.3. The van der Waals surface area contributed by atoms with Crippen LogP contribution in [0, 0.1) is 10.1 Å². The van der Waals surface area contributed by atoms with Crippen LogP contribution in [-0.4, -0.2) is 10.8 Å². The molecule has 0 radical (unpaired) electrons. The number of anilines is 1. The lowest BCUT2D eigenvalue weighted by Gasteiger charge is -2.20. The van der Waals surface area contributed by atoms with E-state index in [-0.39, 0.29) is 17.3 Å². The Balaban J connectivity index is 2.36. The molecule has 6 nitrogen and oxygen atoms in total. The van der Waals surface area contributed by atoms with Gasteiger partial charge in [-0.25, -0.2) is 0 Å². The Morgan fingerprint density at radius 3 is 2.52 bits per heavy atom. The van der Waals surface area contributed by atoms with Crippen LogP contribution in [0.3, 0.4) is 0 Å². The van der Waals surface area contributed by atoms with E-state index in [9.17, 15) is 14.9 Å². The van der Waals surface area contributed by atoms with Gasteiger partial charge >= 0.3 is 0 Å². The van der Waals surface area contributed by atoms with Gasteiger partial charge in [0, 0.05) is 11.6 Å². The van der Waals surface area contributed by atoms with Gasteiger partial charge in [0.2, 0.25) is 5.91 Å². The number of nitro groups is 1. The lowest BCUT2D eigenvalue weighted by atomic mass is 10.0. The zero-order valence-electron chi connectivity index (χ0n) is 12.9. The third-order valence-electron chi connectivity index (χ3n) is 3.59. The molecule has 0 aliphatic rings. The van der Waals surface area contributed by atoms with Gasteiger partial charge in [-0.3, -0.25) is 14.9 Å². The highest BCUT2D eigenvalue weighted by Crippen LogP contribution is 2.31. The summed E-state index contributed by atoms with van der Waals surface area (Å²) in [4.78, 5) is 22.0. The standard InChI is InChI=1S/C17H19N3O3/c1-2-6-14(12-7-4-3-5-8-12)19-15-10-9-13(17(18)21)11-16(15)20(22)23/h3-5,7-11,14,19H,2,6H2,1H3,(H2,18,21)/t14-/m1/s1. The number of hydrogen-bond donors (Lipinski definition) is 2. The van der Waals surface area contributed by atoms with Crippen molar-refractivity contribution in [3.8, 4) is 0 Å². The molecule has 2 aromatic carbocycles. The van der Waals surface area contributed by atoms with Crippen molar-refractivity contribution in [2.24, 2.45) is 5.73 Å². The number of amides is 1. The molecule has 3 N–H and O–H groups in total. The van der Waals surface area contributed by atoms with E-state index >= 15 is 0 Å². The average Bonchev–Trinajstić information content (AvgIpc) is 2.55. The monoisotopic (exact) mass is 313 g/mol.